The molecule has 1 atom stereocenters. The molecule has 1 heterocycles. The van der Waals surface area contributed by atoms with Crippen LogP contribution in [0.2, 0.25) is 0 Å². The van der Waals surface area contributed by atoms with Gasteiger partial charge < -0.3 is 14.8 Å². The van der Waals surface area contributed by atoms with Gasteiger partial charge in [0.05, 0.1) is 6.10 Å². The van der Waals surface area contributed by atoms with Crippen LogP contribution in [0, 0.1) is 12.8 Å². The smallest absolute Gasteiger partial charge is 0.220 e. The second-order valence-corrected chi connectivity index (χ2v) is 5.43. The quantitative estimate of drug-likeness (QED) is 0.828. The van der Waals surface area contributed by atoms with Gasteiger partial charge in [-0.3, -0.25) is 4.79 Å². The van der Waals surface area contributed by atoms with Gasteiger partial charge in [0, 0.05) is 19.4 Å². The SMILES string of the molecule is Cc1ccc(CCC(=O)NCC(O)C2CCCC2)o1. The van der Waals surface area contributed by atoms with E-state index in [2.05, 4.69) is 5.32 Å². The van der Waals surface area contributed by atoms with Crippen LogP contribution in [0.25, 0.3) is 0 Å². The van der Waals surface area contributed by atoms with Crippen LogP contribution in [-0.2, 0) is 11.2 Å². The number of aliphatic hydroxyl groups excluding tert-OH is 1. The third kappa shape index (κ3) is 4.39. The lowest BCUT2D eigenvalue weighted by Gasteiger charge is -2.17. The van der Waals surface area contributed by atoms with Crippen LogP contribution in [-0.4, -0.2) is 23.7 Å². The average Bonchev–Trinajstić information content (AvgIpc) is 3.04. The first-order valence-corrected chi connectivity index (χ1v) is 7.15. The highest BCUT2D eigenvalue weighted by molar-refractivity contribution is 5.76. The fourth-order valence-corrected chi connectivity index (χ4v) is 2.67. The zero-order valence-corrected chi connectivity index (χ0v) is 11.5. The molecule has 0 saturated heterocycles. The van der Waals surface area contributed by atoms with Gasteiger partial charge in [0.25, 0.3) is 0 Å². The third-order valence-corrected chi connectivity index (χ3v) is 3.85. The molecule has 0 aliphatic heterocycles. The van der Waals surface area contributed by atoms with Crippen LogP contribution < -0.4 is 5.32 Å². The molecule has 4 heteroatoms. The highest BCUT2D eigenvalue weighted by Gasteiger charge is 2.23. The third-order valence-electron chi connectivity index (χ3n) is 3.85. The number of nitrogens with one attached hydrogen (secondary N) is 1. The van der Waals surface area contributed by atoms with Gasteiger partial charge in [0.15, 0.2) is 0 Å². The van der Waals surface area contributed by atoms with Crippen molar-refractivity contribution in [3.05, 3.63) is 23.7 Å². The Hall–Kier alpha value is -1.29. The van der Waals surface area contributed by atoms with Crippen molar-refractivity contribution < 1.29 is 14.3 Å². The van der Waals surface area contributed by atoms with Crippen molar-refractivity contribution in [3.63, 3.8) is 0 Å². The molecule has 1 aromatic heterocycles. The minimum atomic E-state index is -0.391. The Balaban J connectivity index is 1.64. The summed E-state index contributed by atoms with van der Waals surface area (Å²) < 4.78 is 5.41. The maximum atomic E-state index is 11.7. The first-order chi connectivity index (χ1) is 9.15. The minimum absolute atomic E-state index is 0.0221. The molecule has 0 spiro atoms. The number of hydrogen-bond donors (Lipinski definition) is 2. The predicted octanol–water partition coefficient (Wildman–Crippen LogP) is 2.19. The van der Waals surface area contributed by atoms with Crippen molar-refractivity contribution >= 4 is 5.91 Å². The zero-order valence-electron chi connectivity index (χ0n) is 11.5. The molecule has 1 aromatic rings. The van der Waals surface area contributed by atoms with Gasteiger partial charge in [0.2, 0.25) is 5.91 Å². The minimum Gasteiger partial charge on any atom is -0.466 e. The topological polar surface area (TPSA) is 62.5 Å². The molecular formula is C15H23NO3. The molecule has 0 aromatic carbocycles. The van der Waals surface area contributed by atoms with Gasteiger partial charge in [-0.1, -0.05) is 12.8 Å². The molecule has 1 aliphatic carbocycles. The maximum Gasteiger partial charge on any atom is 0.220 e. The first-order valence-electron chi connectivity index (χ1n) is 7.15. The predicted molar refractivity (Wildman–Crippen MR) is 72.7 cm³/mol. The second-order valence-electron chi connectivity index (χ2n) is 5.43. The van der Waals surface area contributed by atoms with Gasteiger partial charge in [-0.05, 0) is 37.8 Å². The zero-order chi connectivity index (χ0) is 13.7. The van der Waals surface area contributed by atoms with Gasteiger partial charge in [-0.25, -0.2) is 0 Å². The molecule has 1 unspecified atom stereocenters. The number of hydrogen-bond acceptors (Lipinski definition) is 3. The molecule has 1 amide bonds. The van der Waals surface area contributed by atoms with E-state index in [1.165, 1.54) is 12.8 Å². The monoisotopic (exact) mass is 265 g/mol. The summed E-state index contributed by atoms with van der Waals surface area (Å²) in [7, 11) is 0. The lowest BCUT2D eigenvalue weighted by molar-refractivity contribution is -0.121. The van der Waals surface area contributed by atoms with Crippen molar-refractivity contribution in [2.75, 3.05) is 6.54 Å². The fraction of sp³-hybridized carbons (Fsp3) is 0.667. The molecular weight excluding hydrogens is 242 g/mol. The van der Waals surface area contributed by atoms with E-state index in [0.717, 1.165) is 24.4 Å². The molecule has 0 radical (unpaired) electrons. The normalized spacial score (nSPS) is 17.6. The van der Waals surface area contributed by atoms with Gasteiger partial charge in [-0.15, -0.1) is 0 Å². The van der Waals surface area contributed by atoms with Crippen molar-refractivity contribution in [2.24, 2.45) is 5.92 Å². The Morgan fingerprint density at radius 1 is 1.47 bits per heavy atom. The Morgan fingerprint density at radius 2 is 2.21 bits per heavy atom. The van der Waals surface area contributed by atoms with E-state index in [9.17, 15) is 9.90 Å². The number of amides is 1. The molecule has 1 saturated carbocycles. The summed E-state index contributed by atoms with van der Waals surface area (Å²) in [6.45, 7) is 2.27. The van der Waals surface area contributed by atoms with Crippen LogP contribution in [0.15, 0.2) is 16.5 Å². The number of aryl methyl sites for hydroxylation is 2. The van der Waals surface area contributed by atoms with E-state index in [-0.39, 0.29) is 5.91 Å². The summed E-state index contributed by atoms with van der Waals surface area (Å²) in [5.41, 5.74) is 0. The highest BCUT2D eigenvalue weighted by Crippen LogP contribution is 2.27. The molecule has 2 rings (SSSR count). The molecule has 4 nitrogen and oxygen atoms in total. The maximum absolute atomic E-state index is 11.7. The number of carbonyl (C=O) groups excluding carboxylic acids is 1. The number of furan rings is 1. The Labute approximate surface area is 114 Å². The van der Waals surface area contributed by atoms with Crippen LogP contribution in [0.1, 0.15) is 43.6 Å². The van der Waals surface area contributed by atoms with Crippen molar-refractivity contribution in [1.82, 2.24) is 5.32 Å². The number of aliphatic hydroxyl groups is 1. The van der Waals surface area contributed by atoms with Crippen molar-refractivity contribution in [3.8, 4) is 0 Å². The molecule has 0 bridgehead atoms. The lowest BCUT2D eigenvalue weighted by Crippen LogP contribution is -2.35. The summed E-state index contributed by atoms with van der Waals surface area (Å²) in [6, 6.07) is 3.80. The average molecular weight is 265 g/mol. The Bertz CT molecular complexity index is 407. The summed E-state index contributed by atoms with van der Waals surface area (Å²) >= 11 is 0. The highest BCUT2D eigenvalue weighted by atomic mass is 16.3. The van der Waals surface area contributed by atoms with E-state index < -0.39 is 6.10 Å². The van der Waals surface area contributed by atoms with Gasteiger partial charge in [0.1, 0.15) is 11.5 Å². The van der Waals surface area contributed by atoms with Gasteiger partial charge >= 0.3 is 0 Å². The van der Waals surface area contributed by atoms with E-state index in [1.807, 2.05) is 19.1 Å². The Morgan fingerprint density at radius 3 is 2.84 bits per heavy atom. The summed E-state index contributed by atoms with van der Waals surface area (Å²) in [4.78, 5) is 11.7. The van der Waals surface area contributed by atoms with Crippen molar-refractivity contribution in [1.29, 1.82) is 0 Å². The molecule has 106 valence electrons. The summed E-state index contributed by atoms with van der Waals surface area (Å²) in [6.07, 6.45) is 5.20. The number of carbonyl (C=O) groups is 1. The Kier molecular flexibility index (Phi) is 5.02. The molecule has 1 fully saturated rings. The largest absolute Gasteiger partial charge is 0.466 e. The first kappa shape index (κ1) is 14.1. The number of rotatable bonds is 6. The van der Waals surface area contributed by atoms with Crippen LogP contribution in [0.4, 0.5) is 0 Å². The molecule has 19 heavy (non-hydrogen) atoms. The van der Waals surface area contributed by atoms with Crippen LogP contribution in [0.3, 0.4) is 0 Å². The standard InChI is InChI=1S/C15H23NO3/c1-11-6-7-13(19-11)8-9-15(18)16-10-14(17)12-4-2-3-5-12/h6-7,12,14,17H,2-5,8-10H2,1H3,(H,16,18). The van der Waals surface area contributed by atoms with E-state index in [1.54, 1.807) is 0 Å². The lowest BCUT2D eigenvalue weighted by atomic mass is 10.0. The van der Waals surface area contributed by atoms with Gasteiger partial charge in [-0.2, -0.15) is 0 Å². The van der Waals surface area contributed by atoms with Crippen LogP contribution in [0.5, 0.6) is 0 Å². The second kappa shape index (κ2) is 6.75. The van der Waals surface area contributed by atoms with E-state index >= 15 is 0 Å². The summed E-state index contributed by atoms with van der Waals surface area (Å²) in [5.74, 6) is 2.05. The van der Waals surface area contributed by atoms with Crippen LogP contribution >= 0.6 is 0 Å². The summed E-state index contributed by atoms with van der Waals surface area (Å²) in [5, 5.41) is 12.8. The molecule has 1 aliphatic rings. The van der Waals surface area contributed by atoms with Crippen molar-refractivity contribution in [2.45, 2.75) is 51.6 Å². The van der Waals surface area contributed by atoms with E-state index in [4.69, 9.17) is 4.42 Å². The molecule has 2 N–H and O–H groups in total. The fourth-order valence-electron chi connectivity index (χ4n) is 2.67. The van der Waals surface area contributed by atoms with E-state index in [0.29, 0.717) is 25.3 Å².